The third-order valence-electron chi connectivity index (χ3n) is 4.28. The van der Waals surface area contributed by atoms with Gasteiger partial charge in [0.25, 0.3) is 0 Å². The number of nitrogens with one attached hydrogen (secondary N) is 1. The number of urea groups is 1. The van der Waals surface area contributed by atoms with Crippen LogP contribution in [0.1, 0.15) is 46.5 Å². The van der Waals surface area contributed by atoms with Gasteiger partial charge in [-0.1, -0.05) is 26.7 Å². The Morgan fingerprint density at radius 3 is 2.58 bits per heavy atom. The van der Waals surface area contributed by atoms with E-state index in [0.717, 1.165) is 12.8 Å². The predicted octanol–water partition coefficient (Wildman–Crippen LogP) is 2.32. The van der Waals surface area contributed by atoms with Crippen LogP contribution in [0.5, 0.6) is 0 Å². The van der Waals surface area contributed by atoms with Crippen LogP contribution in [0.2, 0.25) is 0 Å². The van der Waals surface area contributed by atoms with Gasteiger partial charge >= 0.3 is 12.0 Å². The van der Waals surface area contributed by atoms with E-state index in [-0.39, 0.29) is 25.0 Å². The van der Waals surface area contributed by atoms with Gasteiger partial charge in [-0.15, -0.1) is 0 Å². The summed E-state index contributed by atoms with van der Waals surface area (Å²) in [4.78, 5) is 24.3. The molecule has 5 nitrogen and oxygen atoms in total. The quantitative estimate of drug-likeness (QED) is 0.805. The van der Waals surface area contributed by atoms with Crippen molar-refractivity contribution in [3.05, 3.63) is 0 Å². The van der Waals surface area contributed by atoms with Crippen molar-refractivity contribution in [1.82, 2.24) is 10.2 Å². The van der Waals surface area contributed by atoms with Crippen LogP contribution in [0.4, 0.5) is 4.79 Å². The highest BCUT2D eigenvalue weighted by atomic mass is 16.4. The van der Waals surface area contributed by atoms with Crippen LogP contribution in [-0.2, 0) is 4.79 Å². The maximum Gasteiger partial charge on any atom is 0.317 e. The summed E-state index contributed by atoms with van der Waals surface area (Å²) >= 11 is 0. The average Bonchev–Trinajstić information content (AvgIpc) is 2.35. The van der Waals surface area contributed by atoms with Crippen LogP contribution in [-0.4, -0.2) is 41.1 Å². The number of carbonyl (C=O) groups excluding carboxylic acids is 1. The molecule has 2 N–H and O–H groups in total. The summed E-state index contributed by atoms with van der Waals surface area (Å²) in [5.74, 6) is 0.245. The molecule has 0 heterocycles. The fourth-order valence-corrected chi connectivity index (χ4v) is 2.67. The second-order valence-corrected chi connectivity index (χ2v) is 5.55. The van der Waals surface area contributed by atoms with Gasteiger partial charge in [-0.3, -0.25) is 4.79 Å². The second kappa shape index (κ2) is 7.36. The molecule has 0 aromatic heterocycles. The lowest BCUT2D eigenvalue weighted by Crippen LogP contribution is -2.49. The molecule has 1 rings (SSSR count). The minimum absolute atomic E-state index is 0.00210. The lowest BCUT2D eigenvalue weighted by Gasteiger charge is -2.36. The Morgan fingerprint density at radius 2 is 2.00 bits per heavy atom. The van der Waals surface area contributed by atoms with E-state index in [2.05, 4.69) is 19.2 Å². The number of carbonyl (C=O) groups is 2. The monoisotopic (exact) mass is 270 g/mol. The van der Waals surface area contributed by atoms with E-state index in [4.69, 9.17) is 5.11 Å². The average molecular weight is 270 g/mol. The van der Waals surface area contributed by atoms with Gasteiger partial charge in [0.2, 0.25) is 0 Å². The number of hydrogen-bond acceptors (Lipinski definition) is 2. The lowest BCUT2D eigenvalue weighted by molar-refractivity contribution is -0.137. The van der Waals surface area contributed by atoms with Gasteiger partial charge in [-0.2, -0.15) is 0 Å². The first-order chi connectivity index (χ1) is 8.95. The Hall–Kier alpha value is -1.26. The van der Waals surface area contributed by atoms with Crippen molar-refractivity contribution in [2.75, 3.05) is 13.1 Å². The molecule has 1 aliphatic rings. The van der Waals surface area contributed by atoms with Gasteiger partial charge in [0.1, 0.15) is 0 Å². The SMILES string of the molecule is CCN(CCC(=O)O)C(=O)NC1CCCC(C)C1C. The highest BCUT2D eigenvalue weighted by Gasteiger charge is 2.29. The predicted molar refractivity (Wildman–Crippen MR) is 74.0 cm³/mol. The zero-order valence-electron chi connectivity index (χ0n) is 12.2. The largest absolute Gasteiger partial charge is 0.481 e. The van der Waals surface area contributed by atoms with Crippen molar-refractivity contribution in [2.45, 2.75) is 52.5 Å². The Morgan fingerprint density at radius 1 is 1.32 bits per heavy atom. The van der Waals surface area contributed by atoms with E-state index in [1.165, 1.54) is 6.42 Å². The maximum atomic E-state index is 12.1. The molecule has 0 aromatic rings. The normalized spacial score (nSPS) is 26.8. The summed E-state index contributed by atoms with van der Waals surface area (Å²) in [6.45, 7) is 7.09. The van der Waals surface area contributed by atoms with Crippen molar-refractivity contribution < 1.29 is 14.7 Å². The van der Waals surface area contributed by atoms with E-state index in [1.807, 2.05) is 6.92 Å². The van der Waals surface area contributed by atoms with E-state index < -0.39 is 5.97 Å². The number of amides is 2. The molecular formula is C14H26N2O3. The minimum Gasteiger partial charge on any atom is -0.481 e. The number of carboxylic acid groups (broad SMARTS) is 1. The van der Waals surface area contributed by atoms with E-state index in [0.29, 0.717) is 18.4 Å². The van der Waals surface area contributed by atoms with E-state index in [9.17, 15) is 9.59 Å². The number of nitrogens with zero attached hydrogens (tertiary/aromatic N) is 1. The number of carboxylic acids is 1. The summed E-state index contributed by atoms with van der Waals surface area (Å²) in [5.41, 5.74) is 0. The summed E-state index contributed by atoms with van der Waals surface area (Å²) in [5, 5.41) is 11.7. The molecule has 5 heteroatoms. The Kier molecular flexibility index (Phi) is 6.12. The summed E-state index contributed by atoms with van der Waals surface area (Å²) in [6.07, 6.45) is 3.40. The molecule has 110 valence electrons. The molecule has 0 saturated heterocycles. The Labute approximate surface area is 115 Å². The van der Waals surface area contributed by atoms with Gasteiger partial charge in [0.15, 0.2) is 0 Å². The third kappa shape index (κ3) is 4.73. The van der Waals surface area contributed by atoms with Crippen molar-refractivity contribution in [2.24, 2.45) is 11.8 Å². The van der Waals surface area contributed by atoms with Crippen LogP contribution in [0, 0.1) is 11.8 Å². The molecule has 1 saturated carbocycles. The van der Waals surface area contributed by atoms with Crippen molar-refractivity contribution >= 4 is 12.0 Å². The zero-order chi connectivity index (χ0) is 14.4. The van der Waals surface area contributed by atoms with Gasteiger partial charge in [-0.25, -0.2) is 4.79 Å². The van der Waals surface area contributed by atoms with Crippen LogP contribution in [0.3, 0.4) is 0 Å². The van der Waals surface area contributed by atoms with Gasteiger partial charge < -0.3 is 15.3 Å². The van der Waals surface area contributed by atoms with E-state index in [1.54, 1.807) is 4.90 Å². The molecule has 0 aliphatic heterocycles. The van der Waals surface area contributed by atoms with Gasteiger partial charge in [0.05, 0.1) is 6.42 Å². The first-order valence-corrected chi connectivity index (χ1v) is 7.23. The third-order valence-corrected chi connectivity index (χ3v) is 4.28. The number of rotatable bonds is 5. The first-order valence-electron chi connectivity index (χ1n) is 7.23. The highest BCUT2D eigenvalue weighted by molar-refractivity contribution is 5.75. The van der Waals surface area contributed by atoms with Gasteiger partial charge in [0, 0.05) is 19.1 Å². The fourth-order valence-electron chi connectivity index (χ4n) is 2.67. The smallest absolute Gasteiger partial charge is 0.317 e. The fraction of sp³-hybridized carbons (Fsp3) is 0.857. The van der Waals surface area contributed by atoms with Crippen LogP contribution in [0.25, 0.3) is 0 Å². The molecule has 1 fully saturated rings. The maximum absolute atomic E-state index is 12.1. The summed E-state index contributed by atoms with van der Waals surface area (Å²) in [6, 6.07) is 0.0878. The molecule has 19 heavy (non-hydrogen) atoms. The zero-order valence-corrected chi connectivity index (χ0v) is 12.2. The standard InChI is InChI=1S/C14H26N2O3/c1-4-16(9-8-13(17)18)14(19)15-12-7-5-6-10(2)11(12)3/h10-12H,4-9H2,1-3H3,(H,15,19)(H,17,18). The Bertz CT molecular complexity index is 320. The van der Waals surface area contributed by atoms with Crippen molar-refractivity contribution in [3.63, 3.8) is 0 Å². The Balaban J connectivity index is 2.49. The molecule has 0 spiro atoms. The molecule has 3 atom stereocenters. The number of hydrogen-bond donors (Lipinski definition) is 2. The summed E-state index contributed by atoms with van der Waals surface area (Å²) < 4.78 is 0. The molecule has 2 amide bonds. The van der Waals surface area contributed by atoms with Gasteiger partial charge in [-0.05, 0) is 25.2 Å². The second-order valence-electron chi connectivity index (χ2n) is 5.55. The van der Waals surface area contributed by atoms with Crippen molar-refractivity contribution in [1.29, 1.82) is 0 Å². The van der Waals surface area contributed by atoms with E-state index >= 15 is 0 Å². The molecule has 0 radical (unpaired) electrons. The van der Waals surface area contributed by atoms with Crippen LogP contribution < -0.4 is 5.32 Å². The van der Waals surface area contributed by atoms with Crippen molar-refractivity contribution in [3.8, 4) is 0 Å². The lowest BCUT2D eigenvalue weighted by atomic mass is 9.78. The molecule has 0 bridgehead atoms. The molecular weight excluding hydrogens is 244 g/mol. The van der Waals surface area contributed by atoms with Crippen LogP contribution in [0.15, 0.2) is 0 Å². The molecule has 3 unspecified atom stereocenters. The molecule has 0 aromatic carbocycles. The van der Waals surface area contributed by atoms with Crippen LogP contribution >= 0.6 is 0 Å². The summed E-state index contributed by atoms with van der Waals surface area (Å²) in [7, 11) is 0. The topological polar surface area (TPSA) is 69.6 Å². The number of aliphatic carboxylic acids is 1. The molecule has 1 aliphatic carbocycles. The minimum atomic E-state index is -0.870. The first kappa shape index (κ1) is 15.8. The highest BCUT2D eigenvalue weighted by Crippen LogP contribution is 2.29.